The number of halogens is 3. The van der Waals surface area contributed by atoms with Crippen molar-refractivity contribution >= 4 is 29.1 Å². The van der Waals surface area contributed by atoms with Gasteiger partial charge in [0.25, 0.3) is 11.8 Å². The average Bonchev–Trinajstić information content (AvgIpc) is 3.55. The Kier molecular flexibility index (Phi) is 8.90. The first-order chi connectivity index (χ1) is 20.6. The van der Waals surface area contributed by atoms with Crippen LogP contribution in [-0.4, -0.2) is 75.4 Å². The number of carbonyl (C=O) groups is 2. The van der Waals surface area contributed by atoms with Gasteiger partial charge in [0, 0.05) is 67.9 Å². The third kappa shape index (κ3) is 5.90. The van der Waals surface area contributed by atoms with Crippen molar-refractivity contribution in [3.05, 3.63) is 76.5 Å². The zero-order valence-electron chi connectivity index (χ0n) is 24.2. The number of anilines is 1. The smallest absolute Gasteiger partial charge is 0.291 e. The van der Waals surface area contributed by atoms with Crippen LogP contribution in [0.15, 0.2) is 42.7 Å². The van der Waals surface area contributed by atoms with Crippen LogP contribution in [0.25, 0.3) is 22.4 Å². The molecule has 3 heterocycles. The molecule has 4 aromatic rings. The molecule has 1 atom stereocenters. The number of amides is 2. The number of benzene rings is 2. The predicted molar refractivity (Wildman–Crippen MR) is 159 cm³/mol. The number of imidazole rings is 1. The summed E-state index contributed by atoms with van der Waals surface area (Å²) in [6.07, 6.45) is 2.80. The predicted octanol–water partition coefficient (Wildman–Crippen LogP) is 4.52. The number of hydrogen-bond acceptors (Lipinski definition) is 6. The minimum atomic E-state index is -1.07. The number of ether oxygens (including phenoxy) is 1. The van der Waals surface area contributed by atoms with E-state index in [2.05, 4.69) is 20.7 Å². The summed E-state index contributed by atoms with van der Waals surface area (Å²) in [6.45, 7) is 6.63. The van der Waals surface area contributed by atoms with Crippen LogP contribution in [-0.2, 0) is 18.3 Å². The number of nitrogens with one attached hydrogen (secondary N) is 2. The summed E-state index contributed by atoms with van der Waals surface area (Å²) in [5, 5.41) is 10.4. The molecule has 0 spiro atoms. The summed E-state index contributed by atoms with van der Waals surface area (Å²) in [5.74, 6) is -2.89. The molecule has 0 aliphatic carbocycles. The van der Waals surface area contributed by atoms with Crippen molar-refractivity contribution < 1.29 is 23.1 Å². The van der Waals surface area contributed by atoms with Gasteiger partial charge in [0.15, 0.2) is 17.5 Å². The SMILES string of the molecule is COCCn1ncc(-c2ccc(-c3cnc(C(=O)Nc4ccc(C(=O)N5CCNCC5C)c(Cl)c4)n3C)c(F)c2F)c1C. The van der Waals surface area contributed by atoms with E-state index in [-0.39, 0.29) is 39.6 Å². The first-order valence-corrected chi connectivity index (χ1v) is 14.1. The summed E-state index contributed by atoms with van der Waals surface area (Å²) >= 11 is 6.44. The molecule has 1 unspecified atom stereocenters. The van der Waals surface area contributed by atoms with E-state index in [0.29, 0.717) is 55.3 Å². The van der Waals surface area contributed by atoms with Crippen molar-refractivity contribution in [1.29, 1.82) is 0 Å². The Labute approximate surface area is 252 Å². The van der Waals surface area contributed by atoms with E-state index in [1.54, 1.807) is 35.7 Å². The Morgan fingerprint density at radius 1 is 1.14 bits per heavy atom. The molecule has 13 heteroatoms. The molecular weight excluding hydrogens is 580 g/mol. The Hall–Kier alpha value is -4.13. The normalized spacial score (nSPS) is 15.1. The standard InChI is InChI=1S/C30H32ClF2N7O3/c1-17-14-34-9-10-39(17)30(42)21-6-5-19(13-24(21)31)37-29(41)28-35-16-25(38(28)3)22-8-7-20(26(32)27(22)33)23-15-36-40(18(23)2)11-12-43-4/h5-8,13,15-17,34H,9-12,14H2,1-4H3,(H,37,41). The van der Waals surface area contributed by atoms with Crippen LogP contribution in [0.4, 0.5) is 14.5 Å². The summed E-state index contributed by atoms with van der Waals surface area (Å²) in [5.41, 5.74) is 2.08. The van der Waals surface area contributed by atoms with Crippen molar-refractivity contribution in [2.45, 2.75) is 26.4 Å². The van der Waals surface area contributed by atoms with Crippen LogP contribution < -0.4 is 10.6 Å². The molecule has 0 saturated carbocycles. The molecule has 1 aliphatic rings. The highest BCUT2D eigenvalue weighted by Crippen LogP contribution is 2.33. The largest absolute Gasteiger partial charge is 0.383 e. The minimum absolute atomic E-state index is 0.0260. The van der Waals surface area contributed by atoms with Crippen LogP contribution in [0.1, 0.15) is 33.6 Å². The van der Waals surface area contributed by atoms with Gasteiger partial charge in [-0.05, 0) is 38.1 Å². The van der Waals surface area contributed by atoms with Gasteiger partial charge in [-0.25, -0.2) is 13.8 Å². The molecule has 2 aromatic heterocycles. The topological polar surface area (TPSA) is 106 Å². The second-order valence-corrected chi connectivity index (χ2v) is 10.8. The number of aromatic nitrogens is 4. The van der Waals surface area contributed by atoms with E-state index in [4.69, 9.17) is 16.3 Å². The molecule has 10 nitrogen and oxygen atoms in total. The minimum Gasteiger partial charge on any atom is -0.383 e. The number of nitrogens with zero attached hydrogens (tertiary/aromatic N) is 5. The summed E-state index contributed by atoms with van der Waals surface area (Å²) in [7, 11) is 3.11. The molecule has 0 bridgehead atoms. The fourth-order valence-electron chi connectivity index (χ4n) is 5.19. The molecule has 226 valence electrons. The lowest BCUT2D eigenvalue weighted by Gasteiger charge is -2.34. The number of rotatable bonds is 8. The van der Waals surface area contributed by atoms with Crippen LogP contribution in [0.5, 0.6) is 0 Å². The molecule has 1 fully saturated rings. The van der Waals surface area contributed by atoms with Crippen LogP contribution in [0.3, 0.4) is 0 Å². The van der Waals surface area contributed by atoms with Gasteiger partial charge in [-0.15, -0.1) is 0 Å². The lowest BCUT2D eigenvalue weighted by Crippen LogP contribution is -2.52. The van der Waals surface area contributed by atoms with E-state index in [1.165, 1.54) is 42.2 Å². The van der Waals surface area contributed by atoms with E-state index in [0.717, 1.165) is 0 Å². The summed E-state index contributed by atoms with van der Waals surface area (Å²) in [4.78, 5) is 32.0. The highest BCUT2D eigenvalue weighted by atomic mass is 35.5. The second kappa shape index (κ2) is 12.6. The molecule has 43 heavy (non-hydrogen) atoms. The summed E-state index contributed by atoms with van der Waals surface area (Å²) in [6, 6.07) is 7.61. The molecule has 2 N–H and O–H groups in total. The molecule has 2 amide bonds. The fourth-order valence-corrected chi connectivity index (χ4v) is 5.45. The van der Waals surface area contributed by atoms with Crippen molar-refractivity contribution in [2.75, 3.05) is 38.7 Å². The quantitative estimate of drug-likeness (QED) is 0.303. The van der Waals surface area contributed by atoms with Gasteiger partial charge in [0.05, 0.1) is 41.8 Å². The third-order valence-electron chi connectivity index (χ3n) is 7.67. The van der Waals surface area contributed by atoms with Crippen molar-refractivity contribution in [3.8, 4) is 22.4 Å². The first-order valence-electron chi connectivity index (χ1n) is 13.8. The maximum atomic E-state index is 15.4. The fraction of sp³-hybridized carbons (Fsp3) is 0.333. The van der Waals surface area contributed by atoms with Crippen LogP contribution in [0.2, 0.25) is 5.02 Å². The Bertz CT molecular complexity index is 1690. The number of hydrogen-bond donors (Lipinski definition) is 2. The Morgan fingerprint density at radius 2 is 1.88 bits per heavy atom. The zero-order valence-corrected chi connectivity index (χ0v) is 25.0. The van der Waals surface area contributed by atoms with Gasteiger partial charge in [-0.1, -0.05) is 17.7 Å². The maximum absolute atomic E-state index is 15.4. The molecule has 1 aliphatic heterocycles. The Morgan fingerprint density at radius 3 is 2.60 bits per heavy atom. The summed E-state index contributed by atoms with van der Waals surface area (Å²) < 4.78 is 38.9. The van der Waals surface area contributed by atoms with Crippen molar-refractivity contribution in [1.82, 2.24) is 29.5 Å². The van der Waals surface area contributed by atoms with Gasteiger partial charge in [0.1, 0.15) is 0 Å². The van der Waals surface area contributed by atoms with Crippen molar-refractivity contribution in [2.24, 2.45) is 7.05 Å². The lowest BCUT2D eigenvalue weighted by atomic mass is 10.0. The van der Waals surface area contributed by atoms with Crippen molar-refractivity contribution in [3.63, 3.8) is 0 Å². The van der Waals surface area contributed by atoms with E-state index in [1.807, 2.05) is 6.92 Å². The average molecular weight is 612 g/mol. The van der Waals surface area contributed by atoms with E-state index < -0.39 is 17.5 Å². The lowest BCUT2D eigenvalue weighted by molar-refractivity contribution is 0.0656. The third-order valence-corrected chi connectivity index (χ3v) is 7.98. The van der Waals surface area contributed by atoms with Gasteiger partial charge >= 0.3 is 0 Å². The van der Waals surface area contributed by atoms with E-state index >= 15 is 8.78 Å². The molecule has 0 radical (unpaired) electrons. The molecular formula is C30H32ClF2N7O3. The van der Waals surface area contributed by atoms with E-state index in [9.17, 15) is 9.59 Å². The molecule has 2 aromatic carbocycles. The van der Waals surface area contributed by atoms with Gasteiger partial charge in [0.2, 0.25) is 0 Å². The second-order valence-electron chi connectivity index (χ2n) is 10.4. The molecule has 1 saturated heterocycles. The molecule has 5 rings (SSSR count). The van der Waals surface area contributed by atoms with Crippen LogP contribution in [0, 0.1) is 18.6 Å². The van der Waals surface area contributed by atoms with Gasteiger partial charge in [-0.3, -0.25) is 14.3 Å². The first kappa shape index (κ1) is 30.3. The highest BCUT2D eigenvalue weighted by Gasteiger charge is 2.26. The number of carbonyl (C=O) groups excluding carboxylic acids is 2. The Balaban J connectivity index is 1.34. The highest BCUT2D eigenvalue weighted by molar-refractivity contribution is 6.34. The number of methoxy groups -OCH3 is 1. The van der Waals surface area contributed by atoms with Gasteiger partial charge < -0.3 is 24.8 Å². The zero-order chi connectivity index (χ0) is 30.8. The van der Waals surface area contributed by atoms with Crippen LogP contribution >= 0.6 is 11.6 Å². The number of piperazine rings is 1. The monoisotopic (exact) mass is 611 g/mol. The maximum Gasteiger partial charge on any atom is 0.291 e. The van der Waals surface area contributed by atoms with Gasteiger partial charge in [-0.2, -0.15) is 5.10 Å².